The van der Waals surface area contributed by atoms with Gasteiger partial charge in [-0.25, -0.2) is 9.59 Å². The van der Waals surface area contributed by atoms with E-state index in [0.29, 0.717) is 12.7 Å². The number of likely N-dealkylation sites (N-methyl/N-ethyl adjacent to an activating group) is 1. The first-order valence-electron chi connectivity index (χ1n) is 9.51. The Hall–Kier alpha value is -2.45. The predicted molar refractivity (Wildman–Crippen MR) is 100 cm³/mol. The summed E-state index contributed by atoms with van der Waals surface area (Å²) >= 11 is 0. The summed E-state index contributed by atoms with van der Waals surface area (Å²) in [5.74, 6) is -5.51. The summed E-state index contributed by atoms with van der Waals surface area (Å²) in [7, 11) is 2.13. The van der Waals surface area contributed by atoms with Crippen LogP contribution in [0.5, 0.6) is 0 Å². The van der Waals surface area contributed by atoms with E-state index in [0.717, 1.165) is 43.9 Å². The van der Waals surface area contributed by atoms with Crippen molar-refractivity contribution in [3.8, 4) is 0 Å². The molecule has 8 nitrogen and oxygen atoms in total. The smallest absolute Gasteiger partial charge is 0.475 e. The zero-order chi connectivity index (χ0) is 25.4. The molecule has 2 saturated heterocycles. The van der Waals surface area contributed by atoms with Gasteiger partial charge in [0.1, 0.15) is 0 Å². The lowest BCUT2D eigenvalue weighted by atomic mass is 9.85. The van der Waals surface area contributed by atoms with Crippen molar-refractivity contribution < 1.29 is 55.6 Å². The van der Waals surface area contributed by atoms with E-state index in [1.54, 1.807) is 0 Å². The van der Waals surface area contributed by atoms with Crippen molar-refractivity contribution in [3.63, 3.8) is 0 Å². The third kappa shape index (κ3) is 10.4. The summed E-state index contributed by atoms with van der Waals surface area (Å²) < 4.78 is 75.4. The number of carbonyl (C=O) groups is 2. The number of nitrogens with zero attached hydrogens (tertiary/aromatic N) is 2. The van der Waals surface area contributed by atoms with Crippen molar-refractivity contribution in [2.75, 3.05) is 26.7 Å². The summed E-state index contributed by atoms with van der Waals surface area (Å²) in [5, 5.41) is 14.2. The summed E-state index contributed by atoms with van der Waals surface area (Å²) in [6.07, 6.45) is -7.84. The van der Waals surface area contributed by atoms with Crippen LogP contribution in [0.3, 0.4) is 0 Å². The van der Waals surface area contributed by atoms with E-state index >= 15 is 0 Å². The van der Waals surface area contributed by atoms with Crippen molar-refractivity contribution in [1.82, 2.24) is 9.88 Å². The number of rotatable bonds is 3. The van der Waals surface area contributed by atoms with Crippen LogP contribution in [0, 0.1) is 6.92 Å². The number of carboxylic acids is 2. The second-order valence-electron chi connectivity index (χ2n) is 7.51. The molecule has 0 aliphatic carbocycles. The van der Waals surface area contributed by atoms with E-state index in [1.165, 1.54) is 0 Å². The van der Waals surface area contributed by atoms with Gasteiger partial charge in [0.15, 0.2) is 0 Å². The number of hydrogen-bond acceptors (Lipinski definition) is 6. The quantitative estimate of drug-likeness (QED) is 0.623. The summed E-state index contributed by atoms with van der Waals surface area (Å²) in [5.41, 5.74) is 2.13. The minimum absolute atomic E-state index is 0.0672. The van der Waals surface area contributed by atoms with Gasteiger partial charge in [0.2, 0.25) is 0 Å². The van der Waals surface area contributed by atoms with Gasteiger partial charge in [0.25, 0.3) is 0 Å². The maximum atomic E-state index is 10.6. The van der Waals surface area contributed by atoms with E-state index in [2.05, 4.69) is 16.9 Å². The number of alkyl halides is 6. The maximum Gasteiger partial charge on any atom is 0.490 e. The van der Waals surface area contributed by atoms with Gasteiger partial charge < -0.3 is 24.6 Å². The van der Waals surface area contributed by atoms with Gasteiger partial charge in [-0.15, -0.1) is 0 Å². The topological polar surface area (TPSA) is 109 Å². The van der Waals surface area contributed by atoms with Crippen molar-refractivity contribution >= 4 is 11.9 Å². The van der Waals surface area contributed by atoms with Crippen LogP contribution in [0.15, 0.2) is 18.2 Å². The average Bonchev–Trinajstić information content (AvgIpc) is 2.65. The van der Waals surface area contributed by atoms with Gasteiger partial charge in [0, 0.05) is 31.8 Å². The van der Waals surface area contributed by atoms with Crippen LogP contribution in [0.25, 0.3) is 0 Å². The van der Waals surface area contributed by atoms with Crippen LogP contribution < -0.4 is 0 Å². The lowest BCUT2D eigenvalue weighted by molar-refractivity contribution is -0.193. The first-order valence-corrected chi connectivity index (χ1v) is 9.51. The van der Waals surface area contributed by atoms with E-state index in [4.69, 9.17) is 29.3 Å². The predicted octanol–water partition coefficient (Wildman–Crippen LogP) is 3.04. The molecule has 1 aromatic rings. The number of aliphatic carboxylic acids is 2. The number of halogens is 6. The van der Waals surface area contributed by atoms with Gasteiger partial charge >= 0.3 is 24.3 Å². The van der Waals surface area contributed by atoms with Crippen molar-refractivity contribution in [2.45, 2.75) is 50.4 Å². The van der Waals surface area contributed by atoms with Crippen LogP contribution in [0.2, 0.25) is 0 Å². The first kappa shape index (κ1) is 28.6. The Morgan fingerprint density at radius 1 is 1.15 bits per heavy atom. The molecule has 2 N–H and O–H groups in total. The summed E-state index contributed by atoms with van der Waals surface area (Å²) in [4.78, 5) is 24.6. The number of likely N-dealkylation sites (tertiary alicyclic amines) is 1. The average molecular weight is 490 g/mol. The molecule has 1 atom stereocenters. The molecular weight excluding hydrogens is 466 g/mol. The Labute approximate surface area is 185 Å². The molecule has 1 aromatic heterocycles. The molecule has 2 aliphatic heterocycles. The highest BCUT2D eigenvalue weighted by molar-refractivity contribution is 5.73. The van der Waals surface area contributed by atoms with E-state index in [9.17, 15) is 26.3 Å². The fourth-order valence-electron chi connectivity index (χ4n) is 3.17. The van der Waals surface area contributed by atoms with Crippen LogP contribution >= 0.6 is 0 Å². The van der Waals surface area contributed by atoms with Crippen LogP contribution in [-0.4, -0.2) is 82.8 Å². The molecule has 1 spiro atoms. The lowest BCUT2D eigenvalue weighted by Crippen LogP contribution is -2.64. The monoisotopic (exact) mass is 490 g/mol. The zero-order valence-electron chi connectivity index (χ0n) is 17.7. The largest absolute Gasteiger partial charge is 0.490 e. The molecule has 188 valence electrons. The number of aryl methyl sites for hydroxylation is 1. The van der Waals surface area contributed by atoms with Gasteiger partial charge in [-0.1, -0.05) is 6.07 Å². The molecule has 0 radical (unpaired) electrons. The fraction of sp³-hybridized carbons (Fsp3) is 0.632. The third-order valence-corrected chi connectivity index (χ3v) is 4.46. The van der Waals surface area contributed by atoms with Crippen LogP contribution in [0.4, 0.5) is 26.3 Å². The van der Waals surface area contributed by atoms with E-state index < -0.39 is 24.3 Å². The van der Waals surface area contributed by atoms with Crippen molar-refractivity contribution in [1.29, 1.82) is 0 Å². The second-order valence-corrected chi connectivity index (χ2v) is 7.51. The molecule has 0 saturated carbocycles. The SMILES string of the molecule is Cc1cccc(COC2CCOC3(C2)CN(C)C3)n1.O=C(O)C(F)(F)F.O=C(O)C(F)(F)F. The fourth-order valence-corrected chi connectivity index (χ4v) is 3.17. The lowest BCUT2D eigenvalue weighted by Gasteiger charge is -2.51. The summed E-state index contributed by atoms with van der Waals surface area (Å²) in [6.45, 7) is 5.51. The van der Waals surface area contributed by atoms with Gasteiger partial charge in [-0.05, 0) is 32.5 Å². The Kier molecular flexibility index (Phi) is 10.1. The normalized spacial score (nSPS) is 19.9. The van der Waals surface area contributed by atoms with Crippen molar-refractivity contribution in [3.05, 3.63) is 29.6 Å². The Bertz CT molecular complexity index is 766. The Morgan fingerprint density at radius 3 is 2.09 bits per heavy atom. The molecule has 0 bridgehead atoms. The number of carboxylic acid groups (broad SMARTS) is 2. The highest BCUT2D eigenvalue weighted by Gasteiger charge is 2.46. The molecule has 3 rings (SSSR count). The Balaban J connectivity index is 0.000000324. The van der Waals surface area contributed by atoms with Crippen LogP contribution in [-0.2, 0) is 25.7 Å². The summed E-state index contributed by atoms with van der Waals surface area (Å²) in [6, 6.07) is 6.07. The minimum Gasteiger partial charge on any atom is -0.475 e. The Morgan fingerprint density at radius 2 is 1.67 bits per heavy atom. The molecule has 1 unspecified atom stereocenters. The molecule has 33 heavy (non-hydrogen) atoms. The number of aromatic nitrogens is 1. The second kappa shape index (κ2) is 11.6. The molecule has 3 heterocycles. The molecule has 0 aromatic carbocycles. The van der Waals surface area contributed by atoms with Crippen LogP contribution in [0.1, 0.15) is 24.2 Å². The van der Waals surface area contributed by atoms with E-state index in [1.807, 2.05) is 25.1 Å². The molecule has 0 amide bonds. The molecular formula is C19H24F6N2O6. The number of ether oxygens (including phenoxy) is 2. The first-order chi connectivity index (χ1) is 15.0. The minimum atomic E-state index is -5.08. The van der Waals surface area contributed by atoms with Crippen molar-refractivity contribution in [2.24, 2.45) is 0 Å². The molecule has 2 fully saturated rings. The van der Waals surface area contributed by atoms with Gasteiger partial charge in [0.05, 0.1) is 24.0 Å². The highest BCUT2D eigenvalue weighted by Crippen LogP contribution is 2.34. The molecule has 2 aliphatic rings. The number of hydrogen-bond donors (Lipinski definition) is 2. The van der Waals surface area contributed by atoms with E-state index in [-0.39, 0.29) is 5.60 Å². The number of pyridine rings is 1. The third-order valence-electron chi connectivity index (χ3n) is 4.46. The standard InChI is InChI=1S/C15H22N2O2.2C2HF3O2/c1-12-4-3-5-13(16-12)9-18-14-6-7-19-15(8-14)10-17(2)11-15;2*3-2(4,5)1(6)7/h3-5,14H,6-11H2,1-2H3;2*(H,6,7). The van der Waals surface area contributed by atoms with Gasteiger partial charge in [-0.3, -0.25) is 4.98 Å². The zero-order valence-corrected chi connectivity index (χ0v) is 17.7. The maximum absolute atomic E-state index is 10.6. The van der Waals surface area contributed by atoms with Gasteiger partial charge in [-0.2, -0.15) is 26.3 Å². The highest BCUT2D eigenvalue weighted by atomic mass is 19.4. The molecule has 14 heteroatoms.